The number of rotatable bonds is 7. The van der Waals surface area contributed by atoms with Crippen molar-refractivity contribution < 1.29 is 9.53 Å². The number of hydrogen-bond donors (Lipinski definition) is 2. The van der Waals surface area contributed by atoms with Gasteiger partial charge in [-0.2, -0.15) is 0 Å². The van der Waals surface area contributed by atoms with E-state index in [2.05, 4.69) is 24.1 Å². The molecule has 6 nitrogen and oxygen atoms in total. The third-order valence-electron chi connectivity index (χ3n) is 6.04. The predicted molar refractivity (Wildman–Crippen MR) is 146 cm³/mol. The smallest absolute Gasteiger partial charge is 0.337 e. The SMILES string of the molecule is CC1=C(C(=O)OC(C)C)C(c2ccc(C(C)C)cc2)c2c(nc(SCc3ccccc3Cl)[nH]c2=O)N1. The number of anilines is 1. The van der Waals surface area contributed by atoms with Crippen molar-refractivity contribution in [3.05, 3.63) is 97.4 Å². The minimum atomic E-state index is -0.604. The Morgan fingerprint density at radius 2 is 1.81 bits per heavy atom. The van der Waals surface area contributed by atoms with E-state index in [1.807, 2.05) is 55.5 Å². The zero-order valence-corrected chi connectivity index (χ0v) is 22.6. The highest BCUT2D eigenvalue weighted by molar-refractivity contribution is 7.98. The van der Waals surface area contributed by atoms with Crippen LogP contribution in [0, 0.1) is 0 Å². The zero-order valence-electron chi connectivity index (χ0n) is 21.0. The van der Waals surface area contributed by atoms with E-state index >= 15 is 0 Å². The standard InChI is InChI=1S/C28H30ClN3O3S/c1-15(2)18-10-12-19(13-11-18)23-22(27(34)35-16(3)4)17(5)30-25-24(23)26(33)32-28(31-25)36-14-20-8-6-7-9-21(20)29/h6-13,15-16,23H,14H2,1-5H3,(H2,30,31,32,33). The van der Waals surface area contributed by atoms with Crippen LogP contribution in [-0.2, 0) is 15.3 Å². The van der Waals surface area contributed by atoms with Gasteiger partial charge in [-0.05, 0) is 49.4 Å². The number of carbonyl (C=O) groups excluding carboxylic acids is 1. The molecule has 2 aromatic carbocycles. The van der Waals surface area contributed by atoms with Crippen LogP contribution in [0.2, 0.25) is 5.02 Å². The van der Waals surface area contributed by atoms with Crippen molar-refractivity contribution in [1.82, 2.24) is 9.97 Å². The molecule has 0 spiro atoms. The molecule has 1 atom stereocenters. The first-order valence-corrected chi connectivity index (χ1v) is 13.3. The van der Waals surface area contributed by atoms with E-state index in [4.69, 9.17) is 21.3 Å². The fourth-order valence-corrected chi connectivity index (χ4v) is 5.36. The second-order valence-electron chi connectivity index (χ2n) is 9.39. The molecule has 8 heteroatoms. The average Bonchev–Trinajstić information content (AvgIpc) is 2.82. The van der Waals surface area contributed by atoms with Crippen molar-refractivity contribution in [2.45, 2.75) is 63.5 Å². The number of aromatic nitrogens is 2. The Kier molecular flexibility index (Phi) is 7.91. The monoisotopic (exact) mass is 523 g/mol. The molecule has 0 saturated carbocycles. The lowest BCUT2D eigenvalue weighted by Crippen LogP contribution is -2.31. The number of aromatic amines is 1. The summed E-state index contributed by atoms with van der Waals surface area (Å²) in [7, 11) is 0. The Labute approximate surface area is 220 Å². The number of halogens is 1. The third-order valence-corrected chi connectivity index (χ3v) is 7.33. The van der Waals surface area contributed by atoms with Gasteiger partial charge in [0.1, 0.15) is 5.82 Å². The summed E-state index contributed by atoms with van der Waals surface area (Å²) in [5, 5.41) is 4.33. The van der Waals surface area contributed by atoms with Crippen molar-refractivity contribution in [3.63, 3.8) is 0 Å². The predicted octanol–water partition coefficient (Wildman–Crippen LogP) is 6.62. The maximum atomic E-state index is 13.5. The molecular weight excluding hydrogens is 494 g/mol. The Hall–Kier alpha value is -3.03. The summed E-state index contributed by atoms with van der Waals surface area (Å²) in [6.07, 6.45) is -0.289. The Balaban J connectivity index is 1.76. The van der Waals surface area contributed by atoms with Crippen molar-refractivity contribution >= 4 is 35.1 Å². The normalized spacial score (nSPS) is 15.2. The van der Waals surface area contributed by atoms with Crippen molar-refractivity contribution in [2.75, 3.05) is 5.32 Å². The second-order valence-corrected chi connectivity index (χ2v) is 10.8. The second kappa shape index (κ2) is 10.9. The van der Waals surface area contributed by atoms with Crippen LogP contribution >= 0.6 is 23.4 Å². The number of hydrogen-bond acceptors (Lipinski definition) is 6. The highest BCUT2D eigenvalue weighted by Gasteiger charge is 2.36. The fourth-order valence-electron chi connectivity index (χ4n) is 4.22. The Morgan fingerprint density at radius 3 is 2.44 bits per heavy atom. The molecule has 2 heterocycles. The van der Waals surface area contributed by atoms with Crippen LogP contribution in [0.3, 0.4) is 0 Å². The van der Waals surface area contributed by atoms with Crippen LogP contribution < -0.4 is 10.9 Å². The first-order chi connectivity index (χ1) is 17.2. The number of ether oxygens (including phenoxy) is 1. The number of esters is 1. The lowest BCUT2D eigenvalue weighted by atomic mass is 9.81. The van der Waals surface area contributed by atoms with Gasteiger partial charge in [-0.3, -0.25) is 4.79 Å². The van der Waals surface area contributed by atoms with Crippen LogP contribution in [-0.4, -0.2) is 22.0 Å². The van der Waals surface area contributed by atoms with Gasteiger partial charge in [-0.1, -0.05) is 79.7 Å². The highest BCUT2D eigenvalue weighted by atomic mass is 35.5. The van der Waals surface area contributed by atoms with Gasteiger partial charge in [0, 0.05) is 16.5 Å². The highest BCUT2D eigenvalue weighted by Crippen LogP contribution is 2.40. The molecule has 1 aliphatic rings. The lowest BCUT2D eigenvalue weighted by Gasteiger charge is -2.29. The van der Waals surface area contributed by atoms with Crippen LogP contribution in [0.1, 0.15) is 68.7 Å². The first kappa shape index (κ1) is 26.0. The number of carbonyl (C=O) groups is 1. The zero-order chi connectivity index (χ0) is 26.0. The van der Waals surface area contributed by atoms with Crippen LogP contribution in [0.5, 0.6) is 0 Å². The molecule has 0 amide bonds. The molecule has 3 aromatic rings. The number of H-pyrrole nitrogens is 1. The van der Waals surface area contributed by atoms with E-state index in [0.29, 0.717) is 44.5 Å². The van der Waals surface area contributed by atoms with Gasteiger partial charge in [-0.15, -0.1) is 0 Å². The topological polar surface area (TPSA) is 84.1 Å². The molecule has 0 radical (unpaired) electrons. The van der Waals surface area contributed by atoms with E-state index < -0.39 is 11.9 Å². The quantitative estimate of drug-likeness (QED) is 0.205. The van der Waals surface area contributed by atoms with Gasteiger partial charge >= 0.3 is 5.97 Å². The minimum Gasteiger partial charge on any atom is -0.460 e. The Bertz CT molecular complexity index is 1360. The number of fused-ring (bicyclic) bond motifs is 1. The number of allylic oxidation sites excluding steroid dienone is 1. The van der Waals surface area contributed by atoms with Gasteiger partial charge in [0.25, 0.3) is 5.56 Å². The van der Waals surface area contributed by atoms with Crippen LogP contribution in [0.25, 0.3) is 0 Å². The number of benzene rings is 2. The molecule has 0 aliphatic carbocycles. The van der Waals surface area contributed by atoms with Crippen molar-refractivity contribution in [2.24, 2.45) is 0 Å². The minimum absolute atomic E-state index is 0.289. The summed E-state index contributed by atoms with van der Waals surface area (Å²) in [6, 6.07) is 15.6. The van der Waals surface area contributed by atoms with Gasteiger partial charge < -0.3 is 15.0 Å². The molecule has 0 saturated heterocycles. The molecule has 2 N–H and O–H groups in total. The van der Waals surface area contributed by atoms with Crippen molar-refractivity contribution in [1.29, 1.82) is 0 Å². The van der Waals surface area contributed by atoms with E-state index in [1.165, 1.54) is 17.3 Å². The van der Waals surface area contributed by atoms with Crippen LogP contribution in [0.15, 0.2) is 69.8 Å². The summed E-state index contributed by atoms with van der Waals surface area (Å²) in [6.45, 7) is 9.68. The fraction of sp³-hybridized carbons (Fsp3) is 0.321. The maximum absolute atomic E-state index is 13.5. The Morgan fingerprint density at radius 1 is 1.11 bits per heavy atom. The summed E-state index contributed by atoms with van der Waals surface area (Å²) in [4.78, 5) is 34.3. The summed E-state index contributed by atoms with van der Waals surface area (Å²) in [5.74, 6) is 0.312. The molecule has 4 rings (SSSR count). The van der Waals surface area contributed by atoms with Crippen LogP contribution in [0.4, 0.5) is 5.82 Å². The molecular formula is C28H30ClN3O3S. The van der Waals surface area contributed by atoms with E-state index in [-0.39, 0.29) is 11.7 Å². The van der Waals surface area contributed by atoms with Crippen molar-refractivity contribution in [3.8, 4) is 0 Å². The van der Waals surface area contributed by atoms with Gasteiger partial charge in [0.15, 0.2) is 5.16 Å². The maximum Gasteiger partial charge on any atom is 0.337 e. The molecule has 0 bridgehead atoms. The average molecular weight is 524 g/mol. The largest absolute Gasteiger partial charge is 0.460 e. The third kappa shape index (κ3) is 5.52. The number of nitrogens with zero attached hydrogens (tertiary/aromatic N) is 1. The van der Waals surface area contributed by atoms with Gasteiger partial charge in [0.05, 0.1) is 23.2 Å². The van der Waals surface area contributed by atoms with Gasteiger partial charge in [-0.25, -0.2) is 9.78 Å². The lowest BCUT2D eigenvalue weighted by molar-refractivity contribution is -0.143. The van der Waals surface area contributed by atoms with E-state index in [0.717, 1.165) is 11.1 Å². The molecule has 188 valence electrons. The molecule has 1 aliphatic heterocycles. The van der Waals surface area contributed by atoms with E-state index in [9.17, 15) is 9.59 Å². The molecule has 1 unspecified atom stereocenters. The number of nitrogens with one attached hydrogen (secondary N) is 2. The summed E-state index contributed by atoms with van der Waals surface area (Å²) < 4.78 is 5.57. The molecule has 0 fully saturated rings. The summed E-state index contributed by atoms with van der Waals surface area (Å²) >= 11 is 7.68. The molecule has 36 heavy (non-hydrogen) atoms. The van der Waals surface area contributed by atoms with Gasteiger partial charge in [0.2, 0.25) is 0 Å². The summed E-state index contributed by atoms with van der Waals surface area (Å²) in [5.41, 5.74) is 4.10. The molecule has 1 aromatic heterocycles. The first-order valence-electron chi connectivity index (χ1n) is 11.9. The number of thioether (sulfide) groups is 1. The van der Waals surface area contributed by atoms with E-state index in [1.54, 1.807) is 13.8 Å².